The van der Waals surface area contributed by atoms with Gasteiger partial charge in [-0.2, -0.15) is 4.31 Å². The molecule has 26 heavy (non-hydrogen) atoms. The first kappa shape index (κ1) is 20.4. The highest BCUT2D eigenvalue weighted by atomic mass is 32.2. The number of carbonyl (C=O) groups is 1. The lowest BCUT2D eigenvalue weighted by molar-refractivity contribution is 0.102. The molecule has 0 aliphatic heterocycles. The molecule has 2 rings (SSSR count). The number of thiophene rings is 1. The molecule has 0 spiro atoms. The van der Waals surface area contributed by atoms with Crippen LogP contribution in [0.3, 0.4) is 0 Å². The molecule has 1 aromatic carbocycles. The quantitative estimate of drug-likeness (QED) is 0.736. The van der Waals surface area contributed by atoms with Crippen molar-refractivity contribution in [3.8, 4) is 5.75 Å². The van der Waals surface area contributed by atoms with Gasteiger partial charge in [0.2, 0.25) is 10.0 Å². The van der Waals surface area contributed by atoms with E-state index in [9.17, 15) is 13.2 Å². The summed E-state index contributed by atoms with van der Waals surface area (Å²) in [7, 11) is -3.63. The second-order valence-corrected chi connectivity index (χ2v) is 8.73. The number of hydrogen-bond donors (Lipinski definition) is 1. The molecule has 1 aromatic heterocycles. The van der Waals surface area contributed by atoms with E-state index in [0.717, 1.165) is 0 Å². The molecule has 0 bridgehead atoms. The Hall–Kier alpha value is -1.90. The molecule has 2 aromatic rings. The monoisotopic (exact) mass is 396 g/mol. The molecule has 142 valence electrons. The molecule has 0 saturated carbocycles. The first-order valence-corrected chi connectivity index (χ1v) is 10.8. The SMILES string of the molecule is CCN(CC)S(=O)(=O)c1ccc(OC(C)C)c(NC(=O)c2cccs2)c1. The molecule has 0 aliphatic carbocycles. The summed E-state index contributed by atoms with van der Waals surface area (Å²) in [5.41, 5.74) is 0.338. The average Bonchev–Trinajstić information content (AvgIpc) is 3.11. The predicted molar refractivity (Wildman–Crippen MR) is 105 cm³/mol. The Morgan fingerprint density at radius 3 is 2.46 bits per heavy atom. The molecule has 0 atom stereocenters. The third kappa shape index (κ3) is 4.63. The lowest BCUT2D eigenvalue weighted by atomic mass is 10.2. The molecule has 6 nitrogen and oxygen atoms in total. The maximum atomic E-state index is 12.8. The largest absolute Gasteiger partial charge is 0.489 e. The number of nitrogens with zero attached hydrogens (tertiary/aromatic N) is 1. The van der Waals surface area contributed by atoms with E-state index in [1.54, 1.807) is 32.0 Å². The third-order valence-corrected chi connectivity index (χ3v) is 6.56. The molecule has 0 saturated heterocycles. The van der Waals surface area contributed by atoms with Crippen molar-refractivity contribution in [2.24, 2.45) is 0 Å². The third-order valence-electron chi connectivity index (χ3n) is 3.65. The van der Waals surface area contributed by atoms with Crippen LogP contribution < -0.4 is 10.1 Å². The zero-order valence-electron chi connectivity index (χ0n) is 15.4. The number of sulfonamides is 1. The highest BCUT2D eigenvalue weighted by molar-refractivity contribution is 7.89. The number of anilines is 1. The Labute approximate surface area is 158 Å². The van der Waals surface area contributed by atoms with Crippen LogP contribution in [0, 0.1) is 0 Å². The van der Waals surface area contributed by atoms with E-state index >= 15 is 0 Å². The molecule has 0 unspecified atom stereocenters. The number of benzene rings is 1. The summed E-state index contributed by atoms with van der Waals surface area (Å²) < 4.78 is 32.6. The first-order chi connectivity index (χ1) is 12.3. The van der Waals surface area contributed by atoms with Crippen LogP contribution in [0.1, 0.15) is 37.4 Å². The Morgan fingerprint density at radius 1 is 1.23 bits per heavy atom. The van der Waals surface area contributed by atoms with Crippen LogP contribution in [-0.2, 0) is 10.0 Å². The topological polar surface area (TPSA) is 75.7 Å². The van der Waals surface area contributed by atoms with Crippen molar-refractivity contribution in [1.29, 1.82) is 0 Å². The van der Waals surface area contributed by atoms with Crippen molar-refractivity contribution < 1.29 is 17.9 Å². The van der Waals surface area contributed by atoms with E-state index in [-0.39, 0.29) is 16.9 Å². The van der Waals surface area contributed by atoms with Gasteiger partial charge in [0.05, 0.1) is 21.6 Å². The summed E-state index contributed by atoms with van der Waals surface area (Å²) in [6.45, 7) is 8.06. The lowest BCUT2D eigenvalue weighted by Gasteiger charge is -2.20. The number of rotatable bonds is 8. The maximum absolute atomic E-state index is 12.8. The lowest BCUT2D eigenvalue weighted by Crippen LogP contribution is -2.30. The van der Waals surface area contributed by atoms with Crippen molar-refractivity contribution in [2.45, 2.75) is 38.7 Å². The normalized spacial score (nSPS) is 11.8. The van der Waals surface area contributed by atoms with Gasteiger partial charge in [-0.3, -0.25) is 4.79 Å². The number of amides is 1. The number of nitrogens with one attached hydrogen (secondary N) is 1. The highest BCUT2D eigenvalue weighted by Gasteiger charge is 2.23. The van der Waals surface area contributed by atoms with Crippen LogP contribution in [-0.4, -0.2) is 37.8 Å². The Kier molecular flexibility index (Phi) is 6.80. The van der Waals surface area contributed by atoms with E-state index in [1.807, 2.05) is 19.2 Å². The second kappa shape index (κ2) is 8.66. The molecule has 8 heteroatoms. The summed E-state index contributed by atoms with van der Waals surface area (Å²) in [5, 5.41) is 4.58. The van der Waals surface area contributed by atoms with Crippen LogP contribution in [0.2, 0.25) is 0 Å². The zero-order valence-corrected chi connectivity index (χ0v) is 17.0. The molecule has 1 N–H and O–H groups in total. The van der Waals surface area contributed by atoms with Crippen molar-refractivity contribution >= 4 is 33.0 Å². The second-order valence-electron chi connectivity index (χ2n) is 5.85. The van der Waals surface area contributed by atoms with Crippen LogP contribution >= 0.6 is 11.3 Å². The summed E-state index contributed by atoms with van der Waals surface area (Å²) >= 11 is 1.31. The summed E-state index contributed by atoms with van der Waals surface area (Å²) in [4.78, 5) is 13.1. The van der Waals surface area contributed by atoms with Gasteiger partial charge >= 0.3 is 0 Å². The molecule has 1 amide bonds. The van der Waals surface area contributed by atoms with E-state index in [4.69, 9.17) is 4.74 Å². The Bertz CT molecular complexity index is 842. The van der Waals surface area contributed by atoms with Gasteiger partial charge in [0.1, 0.15) is 5.75 Å². The fourth-order valence-corrected chi connectivity index (χ4v) is 4.53. The Balaban J connectivity index is 2.43. The predicted octanol–water partition coefficient (Wildman–Crippen LogP) is 3.82. The smallest absolute Gasteiger partial charge is 0.265 e. The maximum Gasteiger partial charge on any atom is 0.265 e. The minimum atomic E-state index is -3.63. The zero-order chi connectivity index (χ0) is 19.3. The Morgan fingerprint density at radius 2 is 1.92 bits per heavy atom. The van der Waals surface area contributed by atoms with E-state index in [0.29, 0.717) is 29.4 Å². The van der Waals surface area contributed by atoms with E-state index in [2.05, 4.69) is 5.32 Å². The standard InChI is InChI=1S/C18H24N2O4S2/c1-5-20(6-2)26(22,23)14-9-10-16(24-13(3)4)15(12-14)19-18(21)17-8-7-11-25-17/h7-13H,5-6H2,1-4H3,(H,19,21). The molecular formula is C18H24N2O4S2. The van der Waals surface area contributed by atoms with Gasteiger partial charge in [0.15, 0.2) is 0 Å². The van der Waals surface area contributed by atoms with Crippen molar-refractivity contribution in [1.82, 2.24) is 4.31 Å². The molecule has 0 aliphatic rings. The fourth-order valence-electron chi connectivity index (χ4n) is 2.43. The van der Waals surface area contributed by atoms with Crippen LogP contribution in [0.15, 0.2) is 40.6 Å². The molecule has 0 radical (unpaired) electrons. The van der Waals surface area contributed by atoms with Gasteiger partial charge in [-0.1, -0.05) is 19.9 Å². The van der Waals surface area contributed by atoms with Crippen molar-refractivity contribution in [3.05, 3.63) is 40.6 Å². The average molecular weight is 397 g/mol. The van der Waals surface area contributed by atoms with Gasteiger partial charge in [0.25, 0.3) is 5.91 Å². The van der Waals surface area contributed by atoms with Gasteiger partial charge in [0, 0.05) is 13.1 Å². The van der Waals surface area contributed by atoms with Crippen molar-refractivity contribution in [2.75, 3.05) is 18.4 Å². The van der Waals surface area contributed by atoms with Gasteiger partial charge < -0.3 is 10.1 Å². The van der Waals surface area contributed by atoms with Gasteiger partial charge in [-0.25, -0.2) is 8.42 Å². The molecular weight excluding hydrogens is 372 g/mol. The van der Waals surface area contributed by atoms with Crippen LogP contribution in [0.5, 0.6) is 5.75 Å². The summed E-state index contributed by atoms with van der Waals surface area (Å²) in [6, 6.07) is 8.04. The van der Waals surface area contributed by atoms with Gasteiger partial charge in [-0.05, 0) is 43.5 Å². The molecule has 0 fully saturated rings. The van der Waals surface area contributed by atoms with Crippen LogP contribution in [0.4, 0.5) is 5.69 Å². The summed E-state index contributed by atoms with van der Waals surface area (Å²) in [6.07, 6.45) is -0.113. The fraction of sp³-hybridized carbons (Fsp3) is 0.389. The first-order valence-electron chi connectivity index (χ1n) is 8.45. The van der Waals surface area contributed by atoms with E-state index < -0.39 is 10.0 Å². The van der Waals surface area contributed by atoms with Crippen molar-refractivity contribution in [3.63, 3.8) is 0 Å². The minimum Gasteiger partial charge on any atom is -0.489 e. The number of hydrogen-bond acceptors (Lipinski definition) is 5. The number of carbonyl (C=O) groups excluding carboxylic acids is 1. The van der Waals surface area contributed by atoms with Crippen LogP contribution in [0.25, 0.3) is 0 Å². The highest BCUT2D eigenvalue weighted by Crippen LogP contribution is 2.30. The minimum absolute atomic E-state index is 0.113. The summed E-state index contributed by atoms with van der Waals surface area (Å²) in [5.74, 6) is 0.134. The van der Waals surface area contributed by atoms with Gasteiger partial charge in [-0.15, -0.1) is 11.3 Å². The molecule has 1 heterocycles. The number of ether oxygens (including phenoxy) is 1. The van der Waals surface area contributed by atoms with E-state index in [1.165, 1.54) is 27.8 Å².